The molecule has 1 aliphatic heterocycles. The van der Waals surface area contributed by atoms with Crippen LogP contribution in [0, 0.1) is 0 Å². The van der Waals surface area contributed by atoms with Crippen molar-refractivity contribution in [2.24, 2.45) is 0 Å². The third-order valence-electron chi connectivity index (χ3n) is 4.87. The van der Waals surface area contributed by atoms with Crippen molar-refractivity contribution in [2.75, 3.05) is 32.7 Å². The van der Waals surface area contributed by atoms with Crippen molar-refractivity contribution >= 4 is 11.0 Å². The summed E-state index contributed by atoms with van der Waals surface area (Å²) >= 11 is 0. The topological polar surface area (TPSA) is 37.2 Å². The molecule has 0 spiro atoms. The fourth-order valence-electron chi connectivity index (χ4n) is 3.45. The molecule has 0 saturated carbocycles. The van der Waals surface area contributed by atoms with E-state index < -0.39 is 0 Å². The summed E-state index contributed by atoms with van der Waals surface area (Å²) in [6, 6.07) is 18.8. The number of fused-ring (bicyclic) bond motifs is 1. The van der Waals surface area contributed by atoms with E-state index in [0.29, 0.717) is 0 Å². The van der Waals surface area contributed by atoms with Crippen LogP contribution in [0.4, 0.5) is 0 Å². The maximum Gasteiger partial charge on any atom is 0.113 e. The molecule has 1 aliphatic rings. The number of rotatable bonds is 6. The van der Waals surface area contributed by atoms with Gasteiger partial charge in [-0.2, -0.15) is 15.0 Å². The largest absolute Gasteiger partial charge is 0.301 e. The first kappa shape index (κ1) is 16.2. The molecule has 0 aliphatic carbocycles. The van der Waals surface area contributed by atoms with Crippen molar-refractivity contribution in [3.8, 4) is 0 Å². The van der Waals surface area contributed by atoms with E-state index in [1.807, 2.05) is 29.1 Å². The van der Waals surface area contributed by atoms with Crippen LogP contribution in [0.3, 0.4) is 0 Å². The van der Waals surface area contributed by atoms with E-state index in [1.54, 1.807) is 0 Å². The molecule has 5 heteroatoms. The molecule has 0 N–H and O–H groups in total. The first-order valence-corrected chi connectivity index (χ1v) is 9.15. The van der Waals surface area contributed by atoms with Gasteiger partial charge >= 0.3 is 0 Å². The van der Waals surface area contributed by atoms with Crippen molar-refractivity contribution in [3.63, 3.8) is 0 Å². The van der Waals surface area contributed by atoms with E-state index in [1.165, 1.54) is 5.56 Å². The zero-order valence-corrected chi connectivity index (χ0v) is 14.6. The molecule has 1 fully saturated rings. The summed E-state index contributed by atoms with van der Waals surface area (Å²) < 4.78 is 0. The second kappa shape index (κ2) is 7.76. The molecular weight excluding hydrogens is 310 g/mol. The summed E-state index contributed by atoms with van der Waals surface area (Å²) in [5.41, 5.74) is 3.38. The molecule has 0 amide bonds. The number of hydrogen-bond acceptors (Lipinski definition) is 4. The van der Waals surface area contributed by atoms with E-state index in [9.17, 15) is 0 Å². The lowest BCUT2D eigenvalue weighted by atomic mass is 10.2. The lowest BCUT2D eigenvalue weighted by Crippen LogP contribution is -2.46. The van der Waals surface area contributed by atoms with Gasteiger partial charge in [-0.05, 0) is 24.1 Å². The van der Waals surface area contributed by atoms with Gasteiger partial charge in [-0.1, -0.05) is 42.5 Å². The van der Waals surface area contributed by atoms with Gasteiger partial charge in [-0.25, -0.2) is 0 Å². The molecule has 130 valence electrons. The molecule has 2 heterocycles. The van der Waals surface area contributed by atoms with Crippen LogP contribution in [0.15, 0.2) is 54.6 Å². The summed E-state index contributed by atoms with van der Waals surface area (Å²) in [7, 11) is 0. The standard InChI is InChI=1S/C20H25N5/c1-2-7-18(8-3-1)17-24-15-13-23(14-16-24)11-6-12-25-21-19-9-4-5-10-20(19)22-25/h1-5,7-10H,6,11-17H2. The Bertz CT molecular complexity index is 757. The van der Waals surface area contributed by atoms with Gasteiger partial charge in [0.25, 0.3) is 0 Å². The van der Waals surface area contributed by atoms with Gasteiger partial charge in [0.15, 0.2) is 0 Å². The maximum atomic E-state index is 4.53. The highest BCUT2D eigenvalue weighted by molar-refractivity contribution is 5.72. The second-order valence-corrected chi connectivity index (χ2v) is 6.74. The zero-order chi connectivity index (χ0) is 16.9. The zero-order valence-electron chi connectivity index (χ0n) is 14.6. The minimum Gasteiger partial charge on any atom is -0.301 e. The average Bonchev–Trinajstić information content (AvgIpc) is 3.07. The van der Waals surface area contributed by atoms with E-state index in [2.05, 4.69) is 50.3 Å². The van der Waals surface area contributed by atoms with Crippen LogP contribution < -0.4 is 0 Å². The number of hydrogen-bond donors (Lipinski definition) is 0. The molecule has 0 radical (unpaired) electrons. The van der Waals surface area contributed by atoms with Crippen LogP contribution in [0.5, 0.6) is 0 Å². The molecule has 0 atom stereocenters. The SMILES string of the molecule is c1ccc(CN2CCN(CCCn3nc4ccccc4n3)CC2)cc1. The van der Waals surface area contributed by atoms with Gasteiger partial charge in [0.1, 0.15) is 11.0 Å². The van der Waals surface area contributed by atoms with Crippen LogP contribution >= 0.6 is 0 Å². The Morgan fingerprint density at radius 1 is 0.680 bits per heavy atom. The highest BCUT2D eigenvalue weighted by Crippen LogP contribution is 2.10. The summed E-state index contributed by atoms with van der Waals surface area (Å²) in [5.74, 6) is 0. The Labute approximate surface area is 148 Å². The molecule has 5 nitrogen and oxygen atoms in total. The highest BCUT2D eigenvalue weighted by Gasteiger charge is 2.16. The molecule has 25 heavy (non-hydrogen) atoms. The van der Waals surface area contributed by atoms with Gasteiger partial charge in [0.05, 0.1) is 6.54 Å². The monoisotopic (exact) mass is 335 g/mol. The Balaban J connectivity index is 1.20. The van der Waals surface area contributed by atoms with Gasteiger partial charge in [0.2, 0.25) is 0 Å². The number of benzene rings is 2. The Hall–Kier alpha value is -2.24. The van der Waals surface area contributed by atoms with Crippen molar-refractivity contribution < 1.29 is 0 Å². The first-order valence-electron chi connectivity index (χ1n) is 9.15. The van der Waals surface area contributed by atoms with E-state index in [-0.39, 0.29) is 0 Å². The molecule has 2 aromatic carbocycles. The summed E-state index contributed by atoms with van der Waals surface area (Å²) in [4.78, 5) is 6.95. The molecular formula is C20H25N5. The average molecular weight is 335 g/mol. The molecule has 0 unspecified atom stereocenters. The van der Waals surface area contributed by atoms with Gasteiger partial charge in [0, 0.05) is 39.3 Å². The normalized spacial score (nSPS) is 16.5. The second-order valence-electron chi connectivity index (χ2n) is 6.74. The maximum absolute atomic E-state index is 4.53. The first-order chi connectivity index (χ1) is 12.4. The quantitative estimate of drug-likeness (QED) is 0.694. The molecule has 0 bridgehead atoms. The van der Waals surface area contributed by atoms with Crippen molar-refractivity contribution in [2.45, 2.75) is 19.5 Å². The Morgan fingerprint density at radius 2 is 1.28 bits per heavy atom. The number of aryl methyl sites for hydroxylation is 1. The van der Waals surface area contributed by atoms with Gasteiger partial charge < -0.3 is 4.90 Å². The Kier molecular flexibility index (Phi) is 5.04. The predicted octanol–water partition coefficient (Wildman–Crippen LogP) is 2.64. The van der Waals surface area contributed by atoms with E-state index >= 15 is 0 Å². The smallest absolute Gasteiger partial charge is 0.113 e. The van der Waals surface area contributed by atoms with Crippen molar-refractivity contribution in [1.82, 2.24) is 24.8 Å². The molecule has 3 aromatic rings. The van der Waals surface area contributed by atoms with Crippen molar-refractivity contribution in [1.29, 1.82) is 0 Å². The van der Waals surface area contributed by atoms with E-state index in [4.69, 9.17) is 0 Å². The molecule has 1 saturated heterocycles. The molecule has 1 aromatic heterocycles. The summed E-state index contributed by atoms with van der Waals surface area (Å²) in [6.07, 6.45) is 1.10. The van der Waals surface area contributed by atoms with Crippen LogP contribution in [0.2, 0.25) is 0 Å². The fraction of sp³-hybridized carbons (Fsp3) is 0.400. The van der Waals surface area contributed by atoms with Crippen LogP contribution in [0.1, 0.15) is 12.0 Å². The fourth-order valence-corrected chi connectivity index (χ4v) is 3.45. The van der Waals surface area contributed by atoms with Crippen molar-refractivity contribution in [3.05, 3.63) is 60.2 Å². The molecule has 4 rings (SSSR count). The third-order valence-corrected chi connectivity index (χ3v) is 4.87. The van der Waals surface area contributed by atoms with Crippen LogP contribution in [-0.4, -0.2) is 57.5 Å². The van der Waals surface area contributed by atoms with Crippen LogP contribution in [0.25, 0.3) is 11.0 Å². The number of aromatic nitrogens is 3. The minimum atomic E-state index is 0.888. The Morgan fingerprint density at radius 3 is 1.96 bits per heavy atom. The van der Waals surface area contributed by atoms with Gasteiger partial charge in [-0.3, -0.25) is 4.90 Å². The lowest BCUT2D eigenvalue weighted by Gasteiger charge is -2.34. The number of nitrogens with zero attached hydrogens (tertiary/aromatic N) is 5. The van der Waals surface area contributed by atoms with Crippen LogP contribution in [-0.2, 0) is 13.1 Å². The summed E-state index contributed by atoms with van der Waals surface area (Å²) in [5, 5.41) is 9.07. The number of piperazine rings is 1. The highest BCUT2D eigenvalue weighted by atomic mass is 15.5. The third kappa shape index (κ3) is 4.24. The van der Waals surface area contributed by atoms with Gasteiger partial charge in [-0.15, -0.1) is 0 Å². The predicted molar refractivity (Wildman–Crippen MR) is 100 cm³/mol. The summed E-state index contributed by atoms with van der Waals surface area (Å²) in [6.45, 7) is 7.69. The van der Waals surface area contributed by atoms with E-state index in [0.717, 1.165) is 63.3 Å². The lowest BCUT2D eigenvalue weighted by molar-refractivity contribution is 0.124. The minimum absolute atomic E-state index is 0.888.